The van der Waals surface area contributed by atoms with Crippen molar-refractivity contribution < 1.29 is 0 Å². The molecule has 0 aliphatic carbocycles. The average Bonchev–Trinajstić information content (AvgIpc) is 2.61. The topological polar surface area (TPSA) is 50.7 Å². The molecule has 2 N–H and O–H groups in total. The molecule has 0 bridgehead atoms. The van der Waals surface area contributed by atoms with Crippen molar-refractivity contribution in [2.24, 2.45) is 15.7 Å². The highest BCUT2D eigenvalue weighted by Gasteiger charge is 2.00. The molecule has 0 fully saturated rings. The van der Waals surface area contributed by atoms with Gasteiger partial charge in [-0.2, -0.15) is 4.99 Å². The van der Waals surface area contributed by atoms with Crippen LogP contribution in [0.4, 0.5) is 11.4 Å². The lowest BCUT2D eigenvalue weighted by atomic mass is 10.1. The summed E-state index contributed by atoms with van der Waals surface area (Å²) in [5.41, 5.74) is 8.90. The predicted octanol–water partition coefficient (Wildman–Crippen LogP) is 5.45. The molecule has 5 heteroatoms. The van der Waals surface area contributed by atoms with Crippen molar-refractivity contribution in [1.29, 1.82) is 0 Å². The lowest BCUT2D eigenvalue weighted by molar-refractivity contribution is 1.42. The second-order valence-corrected chi connectivity index (χ2v) is 6.32. The summed E-state index contributed by atoms with van der Waals surface area (Å²) in [6.45, 7) is 0. The van der Waals surface area contributed by atoms with Crippen LogP contribution < -0.4 is 5.73 Å². The van der Waals surface area contributed by atoms with Crippen molar-refractivity contribution in [1.82, 2.24) is 0 Å². The smallest absolute Gasteiger partial charge is 0.159 e. The van der Waals surface area contributed by atoms with E-state index in [1.54, 1.807) is 0 Å². The van der Waals surface area contributed by atoms with E-state index in [1.807, 2.05) is 54.6 Å². The molecule has 118 valence electrons. The van der Waals surface area contributed by atoms with E-state index in [0.29, 0.717) is 5.17 Å². The number of thiocarbonyl (C=S) groups is 1. The number of nitrogens with zero attached hydrogens (tertiary/aromatic N) is 2. The van der Waals surface area contributed by atoms with Gasteiger partial charge < -0.3 is 5.73 Å². The van der Waals surface area contributed by atoms with Crippen LogP contribution in [0.5, 0.6) is 0 Å². The number of rotatable bonds is 4. The van der Waals surface area contributed by atoms with Gasteiger partial charge in [0.15, 0.2) is 5.17 Å². The van der Waals surface area contributed by atoms with Gasteiger partial charge in [-0.1, -0.05) is 54.2 Å². The molecule has 0 aliphatic heterocycles. The number of thioether (sulfide) groups is 1. The molecule has 0 aromatic heterocycles. The highest BCUT2D eigenvalue weighted by molar-refractivity contribution is 8.13. The zero-order valence-electron chi connectivity index (χ0n) is 12.8. The summed E-state index contributed by atoms with van der Waals surface area (Å²) < 4.78 is 0. The van der Waals surface area contributed by atoms with E-state index in [2.05, 4.69) is 39.5 Å². The van der Waals surface area contributed by atoms with Gasteiger partial charge in [0.2, 0.25) is 0 Å². The Kier molecular flexibility index (Phi) is 5.39. The number of hydrogen-bond donors (Lipinski definition) is 1. The van der Waals surface area contributed by atoms with Gasteiger partial charge in [0.05, 0.1) is 16.5 Å². The van der Waals surface area contributed by atoms with Crippen molar-refractivity contribution in [2.45, 2.75) is 5.75 Å². The third-order valence-corrected chi connectivity index (χ3v) is 4.41. The van der Waals surface area contributed by atoms with E-state index in [0.717, 1.165) is 27.9 Å². The first-order valence-corrected chi connectivity index (χ1v) is 8.76. The fraction of sp³-hybridized carbons (Fsp3) is 0.0526. The van der Waals surface area contributed by atoms with Crippen molar-refractivity contribution in [3.63, 3.8) is 0 Å². The summed E-state index contributed by atoms with van der Waals surface area (Å²) in [6, 6.07) is 22.0. The molecule has 3 rings (SSSR count). The fourth-order valence-corrected chi connectivity index (χ4v) is 3.09. The van der Waals surface area contributed by atoms with E-state index in [-0.39, 0.29) is 0 Å². The molecule has 0 saturated carbocycles. The van der Waals surface area contributed by atoms with Crippen LogP contribution >= 0.6 is 24.0 Å². The van der Waals surface area contributed by atoms with Crippen molar-refractivity contribution in [3.8, 4) is 0 Å². The number of nitrogens with two attached hydrogens (primary N) is 1. The molecule has 0 saturated heterocycles. The molecule has 0 atom stereocenters. The lowest BCUT2D eigenvalue weighted by Gasteiger charge is -2.03. The van der Waals surface area contributed by atoms with E-state index in [1.165, 1.54) is 17.3 Å². The SMILES string of the molecule is NC(=Nc1ccc2cc(N=C=S)ccc2c1)SCc1ccccc1. The van der Waals surface area contributed by atoms with Gasteiger partial charge in [-0.15, -0.1) is 0 Å². The molecule has 0 aliphatic rings. The molecule has 24 heavy (non-hydrogen) atoms. The third-order valence-electron chi connectivity index (χ3n) is 3.45. The Morgan fingerprint density at radius 3 is 2.33 bits per heavy atom. The van der Waals surface area contributed by atoms with Crippen molar-refractivity contribution in [2.75, 3.05) is 0 Å². The first-order chi connectivity index (χ1) is 11.7. The normalized spacial score (nSPS) is 11.2. The van der Waals surface area contributed by atoms with Crippen LogP contribution in [-0.4, -0.2) is 10.3 Å². The van der Waals surface area contributed by atoms with Gasteiger partial charge in [0.25, 0.3) is 0 Å². The van der Waals surface area contributed by atoms with Crippen LogP contribution in [0.15, 0.2) is 76.7 Å². The third kappa shape index (κ3) is 4.30. The molecule has 0 radical (unpaired) electrons. The molecule has 0 spiro atoms. The summed E-state index contributed by atoms with van der Waals surface area (Å²) in [7, 11) is 0. The maximum Gasteiger partial charge on any atom is 0.159 e. The highest BCUT2D eigenvalue weighted by atomic mass is 32.2. The number of hydrogen-bond acceptors (Lipinski definition) is 4. The summed E-state index contributed by atoms with van der Waals surface area (Å²) in [5, 5.41) is 5.10. The van der Waals surface area contributed by atoms with Crippen LogP contribution in [0.1, 0.15) is 5.56 Å². The zero-order chi connectivity index (χ0) is 16.8. The summed E-state index contributed by atoms with van der Waals surface area (Å²) in [6.07, 6.45) is 0. The Morgan fingerprint density at radius 1 is 0.958 bits per heavy atom. The number of isothiocyanates is 1. The van der Waals surface area contributed by atoms with Gasteiger partial charge in [-0.25, -0.2) is 4.99 Å². The van der Waals surface area contributed by atoms with Crippen LogP contribution in [0.25, 0.3) is 10.8 Å². The van der Waals surface area contributed by atoms with Gasteiger partial charge in [0.1, 0.15) is 0 Å². The van der Waals surface area contributed by atoms with Crippen LogP contribution in [-0.2, 0) is 5.75 Å². The fourth-order valence-electron chi connectivity index (χ4n) is 2.30. The zero-order valence-corrected chi connectivity index (χ0v) is 14.5. The standard InChI is InChI=1S/C19H15N3S2/c20-19(24-12-14-4-2-1-3-5-14)22-18-9-7-15-10-17(21-13-23)8-6-16(15)11-18/h1-11H,12H2,(H2,20,22). The average molecular weight is 349 g/mol. The van der Waals surface area contributed by atoms with E-state index < -0.39 is 0 Å². The van der Waals surface area contributed by atoms with E-state index >= 15 is 0 Å². The molecular formula is C19H15N3S2. The van der Waals surface area contributed by atoms with Gasteiger partial charge in [-0.05, 0) is 52.8 Å². The Hall–Kier alpha value is -2.46. The Morgan fingerprint density at radius 2 is 1.62 bits per heavy atom. The summed E-state index contributed by atoms with van der Waals surface area (Å²) in [5.74, 6) is 0.808. The van der Waals surface area contributed by atoms with Gasteiger partial charge >= 0.3 is 0 Å². The number of aliphatic imine (C=N–C) groups is 2. The number of amidine groups is 1. The molecule has 3 nitrogen and oxygen atoms in total. The Bertz CT molecular complexity index is 930. The first-order valence-electron chi connectivity index (χ1n) is 7.37. The largest absolute Gasteiger partial charge is 0.378 e. The Balaban J connectivity index is 1.76. The molecule has 3 aromatic carbocycles. The second kappa shape index (κ2) is 7.88. The summed E-state index contributed by atoms with van der Waals surface area (Å²) in [4.78, 5) is 8.48. The molecule has 0 heterocycles. The Labute approximate surface area is 150 Å². The minimum absolute atomic E-state index is 0.556. The highest BCUT2D eigenvalue weighted by Crippen LogP contribution is 2.26. The predicted molar refractivity (Wildman–Crippen MR) is 108 cm³/mol. The van der Waals surface area contributed by atoms with Crippen LogP contribution in [0.2, 0.25) is 0 Å². The minimum Gasteiger partial charge on any atom is -0.378 e. The molecular weight excluding hydrogens is 334 g/mol. The molecule has 0 amide bonds. The summed E-state index contributed by atoms with van der Waals surface area (Å²) >= 11 is 6.17. The minimum atomic E-state index is 0.556. The van der Waals surface area contributed by atoms with Crippen molar-refractivity contribution >= 4 is 56.5 Å². The van der Waals surface area contributed by atoms with Crippen LogP contribution in [0, 0.1) is 0 Å². The lowest BCUT2D eigenvalue weighted by Crippen LogP contribution is -2.06. The monoisotopic (exact) mass is 349 g/mol. The van der Waals surface area contributed by atoms with E-state index in [9.17, 15) is 0 Å². The van der Waals surface area contributed by atoms with Gasteiger partial charge in [0, 0.05) is 5.75 Å². The maximum absolute atomic E-state index is 6.04. The molecule has 0 unspecified atom stereocenters. The van der Waals surface area contributed by atoms with Crippen molar-refractivity contribution in [3.05, 3.63) is 72.3 Å². The second-order valence-electron chi connectivity index (χ2n) is 5.14. The first kappa shape index (κ1) is 16.4. The molecule has 3 aromatic rings. The van der Waals surface area contributed by atoms with E-state index in [4.69, 9.17) is 5.73 Å². The quantitative estimate of drug-likeness (QED) is 0.387. The number of benzene rings is 3. The van der Waals surface area contributed by atoms with Crippen LogP contribution in [0.3, 0.4) is 0 Å². The number of fused-ring (bicyclic) bond motifs is 1. The van der Waals surface area contributed by atoms with Gasteiger partial charge in [-0.3, -0.25) is 0 Å². The maximum atomic E-state index is 6.04.